The van der Waals surface area contributed by atoms with Crippen LogP contribution in [0.4, 0.5) is 17.1 Å². The predicted octanol–water partition coefficient (Wildman–Crippen LogP) is 5.22. The molecule has 1 fully saturated rings. The third kappa shape index (κ3) is 3.90. The summed E-state index contributed by atoms with van der Waals surface area (Å²) in [6, 6.07) is 11.8. The number of hydrogen-bond donors (Lipinski definition) is 2. The van der Waals surface area contributed by atoms with E-state index in [1.807, 2.05) is 36.4 Å². The van der Waals surface area contributed by atoms with Crippen LogP contribution in [0.1, 0.15) is 36.9 Å². The lowest BCUT2D eigenvalue weighted by Gasteiger charge is -2.22. The topological polar surface area (TPSA) is 72.5 Å². The molecule has 6 nitrogen and oxygen atoms in total. The van der Waals surface area contributed by atoms with Crippen molar-refractivity contribution in [3.05, 3.63) is 47.7 Å². The van der Waals surface area contributed by atoms with Crippen molar-refractivity contribution in [2.24, 2.45) is 5.92 Å². The molecule has 0 unspecified atom stereocenters. The Morgan fingerprint density at radius 1 is 0.968 bits per heavy atom. The Labute approximate surface area is 182 Å². The van der Waals surface area contributed by atoms with Crippen LogP contribution >= 0.6 is 0 Å². The predicted molar refractivity (Wildman–Crippen MR) is 123 cm³/mol. The first-order valence-electron chi connectivity index (χ1n) is 10.9. The summed E-state index contributed by atoms with van der Waals surface area (Å²) in [6.07, 6.45) is 6.27. The lowest BCUT2D eigenvalue weighted by molar-refractivity contribution is -0.117. The van der Waals surface area contributed by atoms with Gasteiger partial charge in [0.2, 0.25) is 5.91 Å². The normalized spacial score (nSPS) is 15.3. The number of nitrogens with zero attached hydrogens (tertiary/aromatic N) is 1. The summed E-state index contributed by atoms with van der Waals surface area (Å²) in [7, 11) is 3.27. The molecule has 0 atom stereocenters. The molecule has 160 valence electrons. The van der Waals surface area contributed by atoms with E-state index in [0.29, 0.717) is 11.5 Å². The van der Waals surface area contributed by atoms with Crippen LogP contribution in [0.3, 0.4) is 0 Å². The van der Waals surface area contributed by atoms with Gasteiger partial charge in [-0.2, -0.15) is 0 Å². The summed E-state index contributed by atoms with van der Waals surface area (Å²) in [4.78, 5) is 17.2. The Balaban J connectivity index is 1.59. The summed E-state index contributed by atoms with van der Waals surface area (Å²) < 4.78 is 10.9. The number of pyridine rings is 1. The minimum absolute atomic E-state index is 0.111. The van der Waals surface area contributed by atoms with E-state index in [-0.39, 0.29) is 11.8 Å². The Bertz CT molecular complexity index is 1150. The standard InChI is InChI=1S/C25H27N3O3/c1-30-22-12-10-17(14-23(22)31-2)26-24-18-5-3-4-6-20(18)28-21-11-9-16(13-19(21)24)27-25(29)15-7-8-15/h9-15H,3-8H2,1-2H3,(H,26,28)(H,27,29). The van der Waals surface area contributed by atoms with Crippen molar-refractivity contribution in [2.75, 3.05) is 24.9 Å². The second kappa shape index (κ2) is 8.10. The first-order chi connectivity index (χ1) is 15.2. The number of fused-ring (bicyclic) bond motifs is 2. The van der Waals surface area contributed by atoms with Crippen molar-refractivity contribution in [1.29, 1.82) is 0 Å². The molecular formula is C25H27N3O3. The number of aromatic nitrogens is 1. The van der Waals surface area contributed by atoms with E-state index in [1.165, 1.54) is 5.56 Å². The average Bonchev–Trinajstić information content (AvgIpc) is 3.65. The Morgan fingerprint density at radius 2 is 1.74 bits per heavy atom. The van der Waals surface area contributed by atoms with Gasteiger partial charge in [-0.1, -0.05) is 0 Å². The fourth-order valence-electron chi connectivity index (χ4n) is 4.29. The zero-order valence-electron chi connectivity index (χ0n) is 18.0. The van der Waals surface area contributed by atoms with Crippen LogP contribution in [-0.2, 0) is 17.6 Å². The van der Waals surface area contributed by atoms with Gasteiger partial charge in [0.1, 0.15) is 0 Å². The van der Waals surface area contributed by atoms with Crippen LogP contribution in [0.15, 0.2) is 36.4 Å². The maximum atomic E-state index is 12.3. The number of methoxy groups -OCH3 is 2. The fourth-order valence-corrected chi connectivity index (χ4v) is 4.29. The lowest BCUT2D eigenvalue weighted by atomic mass is 9.92. The SMILES string of the molecule is COc1ccc(Nc2c3c(nc4ccc(NC(=O)C5CC5)cc24)CCCC3)cc1OC. The number of carbonyl (C=O) groups is 1. The molecule has 0 spiro atoms. The van der Waals surface area contributed by atoms with E-state index in [2.05, 4.69) is 10.6 Å². The van der Waals surface area contributed by atoms with E-state index in [1.54, 1.807) is 14.2 Å². The second-order valence-electron chi connectivity index (χ2n) is 8.31. The highest BCUT2D eigenvalue weighted by Crippen LogP contribution is 2.38. The number of nitrogens with one attached hydrogen (secondary N) is 2. The highest BCUT2D eigenvalue weighted by atomic mass is 16.5. The number of amides is 1. The van der Waals surface area contributed by atoms with Gasteiger partial charge in [-0.05, 0) is 74.4 Å². The number of carbonyl (C=O) groups excluding carboxylic acids is 1. The molecule has 2 aliphatic carbocycles. The van der Waals surface area contributed by atoms with Gasteiger partial charge in [-0.3, -0.25) is 9.78 Å². The molecule has 0 saturated heterocycles. The van der Waals surface area contributed by atoms with Crippen molar-refractivity contribution in [2.45, 2.75) is 38.5 Å². The van der Waals surface area contributed by atoms with Gasteiger partial charge in [0, 0.05) is 34.4 Å². The van der Waals surface area contributed by atoms with Crippen molar-refractivity contribution in [3.8, 4) is 11.5 Å². The second-order valence-corrected chi connectivity index (χ2v) is 8.31. The lowest BCUT2D eigenvalue weighted by Crippen LogP contribution is -2.13. The number of benzene rings is 2. The van der Waals surface area contributed by atoms with Gasteiger partial charge < -0.3 is 20.1 Å². The number of anilines is 3. The summed E-state index contributed by atoms with van der Waals surface area (Å²) in [6.45, 7) is 0. The molecule has 1 aromatic heterocycles. The van der Waals surface area contributed by atoms with Crippen molar-refractivity contribution < 1.29 is 14.3 Å². The number of rotatable bonds is 6. The Morgan fingerprint density at radius 3 is 2.52 bits per heavy atom. The van der Waals surface area contributed by atoms with Crippen molar-refractivity contribution >= 4 is 33.9 Å². The largest absolute Gasteiger partial charge is 0.493 e. The van der Waals surface area contributed by atoms with Crippen LogP contribution in [0, 0.1) is 5.92 Å². The van der Waals surface area contributed by atoms with Gasteiger partial charge in [0.05, 0.1) is 25.4 Å². The van der Waals surface area contributed by atoms with Gasteiger partial charge >= 0.3 is 0 Å². The van der Waals surface area contributed by atoms with Crippen LogP contribution in [-0.4, -0.2) is 25.1 Å². The summed E-state index contributed by atoms with van der Waals surface area (Å²) in [5, 5.41) is 7.72. The van der Waals surface area contributed by atoms with E-state index in [0.717, 1.165) is 72.2 Å². The molecule has 0 bridgehead atoms. The van der Waals surface area contributed by atoms with Crippen molar-refractivity contribution in [1.82, 2.24) is 4.98 Å². The van der Waals surface area contributed by atoms with Crippen LogP contribution < -0.4 is 20.1 Å². The molecule has 1 amide bonds. The van der Waals surface area contributed by atoms with Crippen molar-refractivity contribution in [3.63, 3.8) is 0 Å². The first kappa shape index (κ1) is 19.7. The Kier molecular flexibility index (Phi) is 5.14. The zero-order valence-corrected chi connectivity index (χ0v) is 18.0. The molecule has 2 aromatic carbocycles. The fraction of sp³-hybridized carbons (Fsp3) is 0.360. The van der Waals surface area contributed by atoms with Crippen LogP contribution in [0.25, 0.3) is 10.9 Å². The van der Waals surface area contributed by atoms with Gasteiger partial charge in [-0.15, -0.1) is 0 Å². The Hall–Kier alpha value is -3.28. The van der Waals surface area contributed by atoms with Gasteiger partial charge in [0.15, 0.2) is 11.5 Å². The molecule has 3 aromatic rings. The quantitative estimate of drug-likeness (QED) is 0.575. The maximum absolute atomic E-state index is 12.3. The maximum Gasteiger partial charge on any atom is 0.227 e. The molecule has 6 heteroatoms. The monoisotopic (exact) mass is 417 g/mol. The number of hydrogen-bond acceptors (Lipinski definition) is 5. The zero-order chi connectivity index (χ0) is 21.4. The third-order valence-electron chi connectivity index (χ3n) is 6.13. The average molecular weight is 418 g/mol. The smallest absolute Gasteiger partial charge is 0.227 e. The molecule has 2 N–H and O–H groups in total. The number of aryl methyl sites for hydroxylation is 1. The van der Waals surface area contributed by atoms with Gasteiger partial charge in [0.25, 0.3) is 0 Å². The molecule has 0 radical (unpaired) electrons. The van der Waals surface area contributed by atoms with E-state index in [9.17, 15) is 4.79 Å². The van der Waals surface area contributed by atoms with Crippen LogP contribution in [0.5, 0.6) is 11.5 Å². The highest BCUT2D eigenvalue weighted by Gasteiger charge is 2.29. The van der Waals surface area contributed by atoms with E-state index in [4.69, 9.17) is 14.5 Å². The van der Waals surface area contributed by atoms with E-state index < -0.39 is 0 Å². The first-order valence-corrected chi connectivity index (χ1v) is 10.9. The van der Waals surface area contributed by atoms with Gasteiger partial charge in [-0.25, -0.2) is 0 Å². The highest BCUT2D eigenvalue weighted by molar-refractivity contribution is 6.00. The molecule has 31 heavy (non-hydrogen) atoms. The van der Waals surface area contributed by atoms with E-state index >= 15 is 0 Å². The van der Waals surface area contributed by atoms with Crippen LogP contribution in [0.2, 0.25) is 0 Å². The minimum Gasteiger partial charge on any atom is -0.493 e. The molecule has 0 aliphatic heterocycles. The summed E-state index contributed by atoms with van der Waals surface area (Å²) in [5.74, 6) is 1.65. The molecule has 1 saturated carbocycles. The number of ether oxygens (including phenoxy) is 2. The minimum atomic E-state index is 0.111. The molecular weight excluding hydrogens is 390 g/mol. The molecule has 5 rings (SSSR count). The molecule has 2 aliphatic rings. The summed E-state index contributed by atoms with van der Waals surface area (Å²) >= 11 is 0. The third-order valence-corrected chi connectivity index (χ3v) is 6.13. The molecule has 1 heterocycles. The summed E-state index contributed by atoms with van der Waals surface area (Å²) in [5.41, 5.74) is 6.17.